The van der Waals surface area contributed by atoms with Gasteiger partial charge in [0.05, 0.1) is 11.4 Å². The van der Waals surface area contributed by atoms with Crippen LogP contribution in [0, 0.1) is 0 Å². The monoisotopic (exact) mass is 420 g/mol. The fraction of sp³-hybridized carbons (Fsp3) is 0.217. The number of ketones is 2. The molecule has 2 aromatic carbocycles. The van der Waals surface area contributed by atoms with Crippen LogP contribution in [0.4, 0.5) is 5.69 Å². The van der Waals surface area contributed by atoms with Crippen LogP contribution < -0.4 is 9.64 Å². The maximum atomic E-state index is 12.9. The number of fused-ring (bicyclic) bond motifs is 1. The highest BCUT2D eigenvalue weighted by Crippen LogP contribution is 2.39. The Morgan fingerprint density at radius 3 is 2.43 bits per heavy atom. The number of hydrogen-bond acceptors (Lipinski definition) is 6. The second kappa shape index (κ2) is 7.84. The zero-order valence-electron chi connectivity index (χ0n) is 16.8. The number of carbonyl (C=O) groups is 3. The Labute approximate surface area is 178 Å². The van der Waals surface area contributed by atoms with E-state index in [1.54, 1.807) is 19.1 Å². The first-order chi connectivity index (χ1) is 14.4. The average Bonchev–Trinajstić information content (AvgIpc) is 3.21. The molecule has 7 heteroatoms. The molecule has 1 unspecified atom stereocenters. The molecule has 1 aromatic heterocycles. The molecule has 1 amide bonds. The highest BCUT2D eigenvalue weighted by atomic mass is 32.1. The van der Waals surface area contributed by atoms with Gasteiger partial charge in [-0.3, -0.25) is 19.3 Å². The summed E-state index contributed by atoms with van der Waals surface area (Å²) in [5.41, 5.74) is 2.94. The highest BCUT2D eigenvalue weighted by Gasteiger charge is 2.40. The Kier molecular flexibility index (Phi) is 5.22. The fourth-order valence-electron chi connectivity index (χ4n) is 3.56. The average molecular weight is 420 g/mol. The fourth-order valence-corrected chi connectivity index (χ4v) is 4.39. The number of amides is 1. The Bertz CT molecular complexity index is 1130. The van der Waals surface area contributed by atoms with Crippen molar-refractivity contribution in [1.82, 2.24) is 4.98 Å². The number of aromatic nitrogens is 1. The smallest absolute Gasteiger partial charge is 0.268 e. The van der Waals surface area contributed by atoms with Crippen LogP contribution in [0.5, 0.6) is 5.75 Å². The highest BCUT2D eigenvalue weighted by molar-refractivity contribution is 7.13. The summed E-state index contributed by atoms with van der Waals surface area (Å²) in [5.74, 6) is -0.738. The quantitative estimate of drug-likeness (QED) is 0.580. The van der Waals surface area contributed by atoms with Gasteiger partial charge in [-0.15, -0.1) is 11.3 Å². The third-order valence-electron chi connectivity index (χ3n) is 4.96. The van der Waals surface area contributed by atoms with E-state index < -0.39 is 18.1 Å². The molecule has 3 aromatic rings. The van der Waals surface area contributed by atoms with E-state index in [0.717, 1.165) is 21.8 Å². The summed E-state index contributed by atoms with van der Waals surface area (Å²) in [6.07, 6.45) is -0.784. The van der Waals surface area contributed by atoms with Gasteiger partial charge < -0.3 is 4.74 Å². The Balaban J connectivity index is 1.78. The number of rotatable bonds is 5. The Morgan fingerprint density at radius 1 is 1.07 bits per heavy atom. The summed E-state index contributed by atoms with van der Waals surface area (Å²) in [6, 6.07) is 14.1. The molecule has 2 heterocycles. The van der Waals surface area contributed by atoms with E-state index in [9.17, 15) is 14.4 Å². The normalized spacial score (nSPS) is 15.7. The van der Waals surface area contributed by atoms with Crippen LogP contribution in [0.2, 0.25) is 0 Å². The van der Waals surface area contributed by atoms with Gasteiger partial charge in [0.2, 0.25) is 0 Å². The number of carbonyl (C=O) groups excluding carboxylic acids is 3. The number of hydrogen-bond donors (Lipinski definition) is 0. The third-order valence-corrected chi connectivity index (χ3v) is 5.85. The van der Waals surface area contributed by atoms with Crippen molar-refractivity contribution >= 4 is 34.5 Å². The number of ether oxygens (including phenoxy) is 1. The minimum absolute atomic E-state index is 0.388. The van der Waals surface area contributed by atoms with E-state index >= 15 is 0 Å². The number of Topliss-reactive ketones (excluding diaryl/α,β-unsaturated/α-hetero) is 2. The van der Waals surface area contributed by atoms with Gasteiger partial charge in [-0.1, -0.05) is 30.3 Å². The largest absolute Gasteiger partial charge is 0.479 e. The number of thiazole rings is 1. The van der Waals surface area contributed by atoms with Crippen molar-refractivity contribution in [3.63, 3.8) is 0 Å². The molecule has 0 aliphatic carbocycles. The summed E-state index contributed by atoms with van der Waals surface area (Å²) in [5, 5.41) is 2.82. The van der Waals surface area contributed by atoms with E-state index in [4.69, 9.17) is 9.72 Å². The molecule has 0 N–H and O–H groups in total. The zero-order chi connectivity index (χ0) is 21.4. The van der Waals surface area contributed by atoms with Gasteiger partial charge >= 0.3 is 0 Å². The van der Waals surface area contributed by atoms with Crippen molar-refractivity contribution in [3.05, 3.63) is 53.9 Å². The molecule has 0 spiro atoms. The SMILES string of the molecule is CC(=O)C(C(C)=O)N1C(=O)C(C)Oc2ccc(-c3csc(-c4ccccc4)n3)cc21. The second-order valence-electron chi connectivity index (χ2n) is 7.18. The van der Waals surface area contributed by atoms with Gasteiger partial charge in [-0.2, -0.15) is 0 Å². The van der Waals surface area contributed by atoms with Crippen LogP contribution in [0.25, 0.3) is 21.8 Å². The van der Waals surface area contributed by atoms with Gasteiger partial charge in [-0.25, -0.2) is 4.98 Å². The molecular formula is C23H20N2O4S. The van der Waals surface area contributed by atoms with Crippen LogP contribution in [0.1, 0.15) is 20.8 Å². The first-order valence-corrected chi connectivity index (χ1v) is 10.4. The second-order valence-corrected chi connectivity index (χ2v) is 8.04. The Hall–Kier alpha value is -3.32. The molecule has 0 saturated heterocycles. The lowest BCUT2D eigenvalue weighted by Crippen LogP contribution is -2.54. The molecule has 0 saturated carbocycles. The Morgan fingerprint density at radius 2 is 1.77 bits per heavy atom. The lowest BCUT2D eigenvalue weighted by molar-refractivity contribution is -0.133. The van der Waals surface area contributed by atoms with Gasteiger partial charge in [0, 0.05) is 16.5 Å². The molecule has 152 valence electrons. The maximum absolute atomic E-state index is 12.9. The predicted octanol–water partition coefficient (Wildman–Crippen LogP) is 4.14. The third kappa shape index (κ3) is 3.52. The minimum atomic E-state index is -1.17. The van der Waals surface area contributed by atoms with E-state index in [2.05, 4.69) is 0 Å². The molecule has 1 atom stereocenters. The summed E-state index contributed by atoms with van der Waals surface area (Å²) in [6.45, 7) is 4.24. The van der Waals surface area contributed by atoms with Crippen molar-refractivity contribution in [2.45, 2.75) is 32.9 Å². The van der Waals surface area contributed by atoms with Gasteiger partial charge in [0.15, 0.2) is 23.7 Å². The van der Waals surface area contributed by atoms with Crippen LogP contribution in [0.15, 0.2) is 53.9 Å². The molecule has 0 fully saturated rings. The molecule has 1 aliphatic rings. The van der Waals surface area contributed by atoms with Gasteiger partial charge in [0.25, 0.3) is 5.91 Å². The van der Waals surface area contributed by atoms with Crippen molar-refractivity contribution in [1.29, 1.82) is 0 Å². The standard InChI is InChI=1S/C23H20N2O4S/c1-13(26)21(14(2)27)25-19-11-17(9-10-20(19)29-15(3)23(25)28)18-12-30-22(24-18)16-7-5-4-6-8-16/h4-12,15,21H,1-3H3. The van der Waals surface area contributed by atoms with E-state index in [1.807, 2.05) is 41.8 Å². The lowest BCUT2D eigenvalue weighted by Gasteiger charge is -2.36. The van der Waals surface area contributed by atoms with E-state index in [1.165, 1.54) is 30.1 Å². The molecule has 30 heavy (non-hydrogen) atoms. The molecule has 4 rings (SSSR count). The first-order valence-electron chi connectivity index (χ1n) is 9.53. The van der Waals surface area contributed by atoms with Crippen LogP contribution in [-0.2, 0) is 14.4 Å². The predicted molar refractivity (Wildman–Crippen MR) is 116 cm³/mol. The summed E-state index contributed by atoms with van der Waals surface area (Å²) in [4.78, 5) is 43.2. The van der Waals surface area contributed by atoms with Crippen molar-refractivity contribution in [2.75, 3.05) is 4.90 Å². The molecular weight excluding hydrogens is 400 g/mol. The van der Waals surface area contributed by atoms with Crippen molar-refractivity contribution in [3.8, 4) is 27.6 Å². The molecule has 0 radical (unpaired) electrons. The topological polar surface area (TPSA) is 76.6 Å². The molecule has 0 bridgehead atoms. The lowest BCUT2D eigenvalue weighted by atomic mass is 10.0. The summed E-state index contributed by atoms with van der Waals surface area (Å²) in [7, 11) is 0. The van der Waals surface area contributed by atoms with Crippen LogP contribution in [-0.4, -0.2) is 34.6 Å². The van der Waals surface area contributed by atoms with E-state index in [0.29, 0.717) is 11.4 Å². The molecule has 6 nitrogen and oxygen atoms in total. The summed E-state index contributed by atoms with van der Waals surface area (Å²) >= 11 is 1.52. The van der Waals surface area contributed by atoms with Crippen LogP contribution in [0.3, 0.4) is 0 Å². The van der Waals surface area contributed by atoms with Gasteiger partial charge in [0.1, 0.15) is 10.8 Å². The van der Waals surface area contributed by atoms with Crippen molar-refractivity contribution in [2.24, 2.45) is 0 Å². The molecule has 1 aliphatic heterocycles. The number of anilines is 1. The number of benzene rings is 2. The van der Waals surface area contributed by atoms with E-state index in [-0.39, 0.29) is 11.6 Å². The van der Waals surface area contributed by atoms with Crippen molar-refractivity contribution < 1.29 is 19.1 Å². The number of nitrogens with zero attached hydrogens (tertiary/aromatic N) is 2. The summed E-state index contributed by atoms with van der Waals surface area (Å²) < 4.78 is 5.72. The minimum Gasteiger partial charge on any atom is -0.479 e. The maximum Gasteiger partial charge on any atom is 0.268 e. The van der Waals surface area contributed by atoms with Crippen LogP contribution >= 0.6 is 11.3 Å². The first kappa shape index (κ1) is 20.0. The zero-order valence-corrected chi connectivity index (χ0v) is 17.6. The van der Waals surface area contributed by atoms with Gasteiger partial charge in [-0.05, 0) is 39.0 Å².